The molecule has 3 aliphatic carbocycles. The summed E-state index contributed by atoms with van der Waals surface area (Å²) in [5, 5.41) is 30.7. The lowest BCUT2D eigenvalue weighted by Gasteiger charge is -2.43. The summed E-state index contributed by atoms with van der Waals surface area (Å²) in [6.07, 6.45) is 14.2. The fourth-order valence-electron chi connectivity index (χ4n) is 6.78. The molecule has 5 atom stereocenters. The average molecular weight is 477 g/mol. The number of rotatable bonds is 7. The number of hydrogen-bond acceptors (Lipinski definition) is 3. The molecule has 0 heterocycles. The van der Waals surface area contributed by atoms with Gasteiger partial charge in [-0.3, -0.25) is 0 Å². The molecule has 4 rings (SSSR count). The maximum absolute atomic E-state index is 10.3. The van der Waals surface area contributed by atoms with Gasteiger partial charge in [0.15, 0.2) is 0 Å². The maximum Gasteiger partial charge on any atom is 0.0811 e. The van der Waals surface area contributed by atoms with Crippen LogP contribution < -0.4 is 0 Å². The first-order valence-electron chi connectivity index (χ1n) is 13.5. The minimum atomic E-state index is -0.643. The Morgan fingerprint density at radius 3 is 2.63 bits per heavy atom. The van der Waals surface area contributed by atoms with E-state index in [0.29, 0.717) is 24.7 Å². The Morgan fingerprint density at radius 2 is 1.91 bits per heavy atom. The normalized spacial score (nSPS) is 32.6. The fourth-order valence-corrected chi connectivity index (χ4v) is 6.78. The van der Waals surface area contributed by atoms with Crippen molar-refractivity contribution in [2.45, 2.75) is 102 Å². The molecule has 0 unspecified atom stereocenters. The summed E-state index contributed by atoms with van der Waals surface area (Å²) in [5.74, 6) is 0.880. The first-order chi connectivity index (χ1) is 16.6. The molecule has 1 aromatic carbocycles. The molecule has 0 radical (unpaired) electrons. The van der Waals surface area contributed by atoms with Gasteiger partial charge >= 0.3 is 0 Å². The molecule has 1 aromatic rings. The highest BCUT2D eigenvalue weighted by atomic mass is 16.3. The number of aliphatic hydroxyl groups excluding tert-OH is 2. The van der Waals surface area contributed by atoms with Gasteiger partial charge in [0.05, 0.1) is 17.8 Å². The Balaban J connectivity index is 1.58. The summed E-state index contributed by atoms with van der Waals surface area (Å²) in [6.45, 7) is 10.4. The summed E-state index contributed by atoms with van der Waals surface area (Å²) in [7, 11) is 0. The van der Waals surface area contributed by atoms with Gasteiger partial charge in [0.1, 0.15) is 0 Å². The van der Waals surface area contributed by atoms with Crippen molar-refractivity contribution in [2.75, 3.05) is 0 Å². The van der Waals surface area contributed by atoms with Crippen molar-refractivity contribution < 1.29 is 15.3 Å². The van der Waals surface area contributed by atoms with Crippen LogP contribution in [0.2, 0.25) is 0 Å². The molecule has 3 nitrogen and oxygen atoms in total. The highest BCUT2D eigenvalue weighted by molar-refractivity contribution is 5.42. The van der Waals surface area contributed by atoms with Crippen LogP contribution in [0.4, 0.5) is 0 Å². The molecule has 0 saturated heterocycles. The van der Waals surface area contributed by atoms with Gasteiger partial charge < -0.3 is 15.3 Å². The van der Waals surface area contributed by atoms with Crippen LogP contribution in [0.5, 0.6) is 0 Å². The lowest BCUT2D eigenvalue weighted by molar-refractivity contribution is 0.0676. The molecule has 0 spiro atoms. The monoisotopic (exact) mass is 476 g/mol. The molecule has 3 N–H and O–H groups in total. The zero-order valence-corrected chi connectivity index (χ0v) is 21.8. The van der Waals surface area contributed by atoms with Crippen LogP contribution >= 0.6 is 0 Å². The summed E-state index contributed by atoms with van der Waals surface area (Å²) >= 11 is 0. The van der Waals surface area contributed by atoms with Crippen molar-refractivity contribution in [2.24, 2.45) is 11.3 Å². The number of hydrogen-bond donors (Lipinski definition) is 3. The second-order valence-electron chi connectivity index (χ2n) is 12.0. The van der Waals surface area contributed by atoms with E-state index < -0.39 is 17.8 Å². The lowest BCUT2D eigenvalue weighted by atomic mass is 9.61. The molecule has 3 aliphatic rings. The standard InChI is InChI=1S/C32H44O3/c1-22-25(20-26(33)21-30(22)34)15-14-24-12-8-19-32(4)28(24)16-17-29(32)27(13-9-18-31(2,3)35)23-10-6-5-7-11-23/h5-7,10-11,14-15,17,26-28,30,33-35H,1,8-9,12-13,16,18-21H2,2-4H3/b24-14+,25-15+/t26-,27+,28+,30+,32+/m1/s1. The highest BCUT2D eigenvalue weighted by Gasteiger charge is 2.47. The van der Waals surface area contributed by atoms with E-state index >= 15 is 0 Å². The molecule has 0 aliphatic heterocycles. The zero-order chi connectivity index (χ0) is 25.2. The van der Waals surface area contributed by atoms with Crippen molar-refractivity contribution in [3.05, 3.63) is 83.0 Å². The molecule has 190 valence electrons. The van der Waals surface area contributed by atoms with Crippen LogP contribution in [0.15, 0.2) is 77.4 Å². The largest absolute Gasteiger partial charge is 0.393 e. The van der Waals surface area contributed by atoms with Crippen molar-refractivity contribution in [3.8, 4) is 0 Å². The highest BCUT2D eigenvalue weighted by Crippen LogP contribution is 2.58. The molecule has 2 saturated carbocycles. The summed E-state index contributed by atoms with van der Waals surface area (Å²) in [5.41, 5.74) is 5.70. The molecule has 2 fully saturated rings. The first kappa shape index (κ1) is 26.1. The third-order valence-corrected chi connectivity index (χ3v) is 8.73. The van der Waals surface area contributed by atoms with Crippen LogP contribution in [0.1, 0.15) is 90.0 Å². The Labute approximate surface area is 212 Å². The van der Waals surface area contributed by atoms with Gasteiger partial charge in [-0.25, -0.2) is 0 Å². The molecule has 35 heavy (non-hydrogen) atoms. The molecule has 0 amide bonds. The number of benzene rings is 1. The number of aliphatic hydroxyl groups is 3. The maximum atomic E-state index is 10.3. The smallest absolute Gasteiger partial charge is 0.0811 e. The van der Waals surface area contributed by atoms with Crippen LogP contribution in [0.3, 0.4) is 0 Å². The Morgan fingerprint density at radius 1 is 1.17 bits per heavy atom. The van der Waals surface area contributed by atoms with Crippen molar-refractivity contribution in [3.63, 3.8) is 0 Å². The van der Waals surface area contributed by atoms with Gasteiger partial charge in [-0.05, 0) is 93.3 Å². The van der Waals surface area contributed by atoms with Crippen LogP contribution in [0, 0.1) is 11.3 Å². The van der Waals surface area contributed by atoms with Crippen LogP contribution in [0.25, 0.3) is 0 Å². The average Bonchev–Trinajstić information content (AvgIpc) is 3.15. The van der Waals surface area contributed by atoms with Gasteiger partial charge in [0.25, 0.3) is 0 Å². The molecular weight excluding hydrogens is 432 g/mol. The zero-order valence-electron chi connectivity index (χ0n) is 21.8. The van der Waals surface area contributed by atoms with Crippen molar-refractivity contribution in [1.29, 1.82) is 0 Å². The van der Waals surface area contributed by atoms with E-state index in [1.54, 1.807) is 5.57 Å². The molecule has 0 aromatic heterocycles. The SMILES string of the molecule is C=C1/C(=C/C=C2\CCC[C@]3(C)C([C@@H](CCCC(C)(C)O)c4ccccc4)=CC[C@@H]23)C[C@@H](O)C[C@@H]1O. The minimum Gasteiger partial charge on any atom is -0.393 e. The van der Waals surface area contributed by atoms with Gasteiger partial charge in [0.2, 0.25) is 0 Å². The summed E-state index contributed by atoms with van der Waals surface area (Å²) < 4.78 is 0. The van der Waals surface area contributed by atoms with E-state index in [1.165, 1.54) is 24.0 Å². The third-order valence-electron chi connectivity index (χ3n) is 8.73. The van der Waals surface area contributed by atoms with Gasteiger partial charge in [-0.1, -0.05) is 73.2 Å². The van der Waals surface area contributed by atoms with Crippen LogP contribution in [-0.4, -0.2) is 33.1 Å². The predicted molar refractivity (Wildman–Crippen MR) is 144 cm³/mol. The Kier molecular flexibility index (Phi) is 7.90. The second kappa shape index (κ2) is 10.6. The van der Waals surface area contributed by atoms with E-state index in [0.717, 1.165) is 43.3 Å². The van der Waals surface area contributed by atoms with Crippen molar-refractivity contribution >= 4 is 0 Å². The minimum absolute atomic E-state index is 0.139. The topological polar surface area (TPSA) is 60.7 Å². The number of fused-ring (bicyclic) bond motifs is 1. The quantitative estimate of drug-likeness (QED) is 0.381. The molecule has 0 bridgehead atoms. The second-order valence-corrected chi connectivity index (χ2v) is 12.0. The van der Waals surface area contributed by atoms with E-state index in [9.17, 15) is 15.3 Å². The van der Waals surface area contributed by atoms with E-state index in [-0.39, 0.29) is 5.41 Å². The van der Waals surface area contributed by atoms with Crippen LogP contribution in [-0.2, 0) is 0 Å². The fraction of sp³-hybridized carbons (Fsp3) is 0.562. The van der Waals surface area contributed by atoms with Gasteiger partial charge in [-0.15, -0.1) is 0 Å². The summed E-state index contributed by atoms with van der Waals surface area (Å²) in [4.78, 5) is 0. The Hall–Kier alpha value is -1.94. The number of allylic oxidation sites excluding steroid dienone is 5. The molecular formula is C32H44O3. The summed E-state index contributed by atoms with van der Waals surface area (Å²) in [6, 6.07) is 10.9. The van der Waals surface area contributed by atoms with E-state index in [1.807, 2.05) is 13.8 Å². The third kappa shape index (κ3) is 5.90. The van der Waals surface area contributed by atoms with E-state index in [4.69, 9.17) is 0 Å². The predicted octanol–water partition coefficient (Wildman–Crippen LogP) is 6.77. The Bertz CT molecular complexity index is 993. The lowest BCUT2D eigenvalue weighted by Crippen LogP contribution is -2.32. The molecule has 3 heteroatoms. The van der Waals surface area contributed by atoms with Gasteiger partial charge in [-0.2, -0.15) is 0 Å². The first-order valence-corrected chi connectivity index (χ1v) is 13.5. The van der Waals surface area contributed by atoms with Crippen molar-refractivity contribution in [1.82, 2.24) is 0 Å². The van der Waals surface area contributed by atoms with E-state index in [2.05, 4.69) is 62.1 Å². The van der Waals surface area contributed by atoms with Gasteiger partial charge in [0, 0.05) is 12.3 Å².